The average molecular weight is 301 g/mol. The predicted molar refractivity (Wildman–Crippen MR) is 79.9 cm³/mol. The van der Waals surface area contributed by atoms with Crippen LogP contribution in [0.3, 0.4) is 0 Å². The quantitative estimate of drug-likeness (QED) is 0.849. The van der Waals surface area contributed by atoms with E-state index in [-0.39, 0.29) is 13.2 Å². The average Bonchev–Trinajstić information content (AvgIpc) is 3.08. The van der Waals surface area contributed by atoms with Gasteiger partial charge in [-0.2, -0.15) is 5.10 Å². The molecule has 0 radical (unpaired) electrons. The minimum absolute atomic E-state index is 0.00155. The molecule has 1 saturated carbocycles. The van der Waals surface area contributed by atoms with Crippen LogP contribution in [0.15, 0.2) is 0 Å². The van der Waals surface area contributed by atoms with Crippen molar-refractivity contribution in [3.8, 4) is 0 Å². The lowest BCUT2D eigenvalue weighted by Crippen LogP contribution is -2.39. The first kappa shape index (κ1) is 15.8. The summed E-state index contributed by atoms with van der Waals surface area (Å²) in [5, 5.41) is 25.0. The van der Waals surface area contributed by atoms with Crippen LogP contribution in [0.2, 0.25) is 5.02 Å². The van der Waals surface area contributed by atoms with Gasteiger partial charge in [-0.1, -0.05) is 24.4 Å². The second-order valence-corrected chi connectivity index (χ2v) is 6.38. The molecular formula is C15H25ClN2O2. The molecule has 2 N–H and O–H groups in total. The minimum atomic E-state index is -0.473. The highest BCUT2D eigenvalue weighted by Gasteiger charge is 2.40. The van der Waals surface area contributed by atoms with Gasteiger partial charge in [0, 0.05) is 18.4 Å². The molecule has 1 aromatic rings. The third kappa shape index (κ3) is 2.74. The summed E-state index contributed by atoms with van der Waals surface area (Å²) in [5.74, 6) is 0.370. The first-order valence-corrected chi connectivity index (χ1v) is 7.89. The lowest BCUT2D eigenvalue weighted by atomic mass is 9.72. The number of hydrogen-bond donors (Lipinski definition) is 2. The number of rotatable bonds is 6. The van der Waals surface area contributed by atoms with Crippen LogP contribution in [-0.2, 0) is 13.0 Å². The van der Waals surface area contributed by atoms with Crippen molar-refractivity contribution in [3.63, 3.8) is 0 Å². The second kappa shape index (κ2) is 6.46. The van der Waals surface area contributed by atoms with Crippen molar-refractivity contribution in [1.29, 1.82) is 0 Å². The smallest absolute Gasteiger partial charge is 0.0847 e. The van der Waals surface area contributed by atoms with Gasteiger partial charge in [-0.25, -0.2) is 0 Å². The second-order valence-electron chi connectivity index (χ2n) is 6.00. The Morgan fingerprint density at radius 2 is 1.90 bits per heavy atom. The molecule has 0 atom stereocenters. The maximum absolute atomic E-state index is 9.93. The Balaban J connectivity index is 2.32. The molecule has 5 heteroatoms. The summed E-state index contributed by atoms with van der Waals surface area (Å²) in [6.45, 7) is 4.67. The summed E-state index contributed by atoms with van der Waals surface area (Å²) in [6.07, 6.45) is 5.13. The van der Waals surface area contributed by atoms with Gasteiger partial charge in [0.2, 0.25) is 0 Å². The molecule has 1 fully saturated rings. The fourth-order valence-electron chi connectivity index (χ4n) is 3.47. The lowest BCUT2D eigenvalue weighted by molar-refractivity contribution is 0.00421. The van der Waals surface area contributed by atoms with Gasteiger partial charge in [0.05, 0.1) is 29.6 Å². The van der Waals surface area contributed by atoms with E-state index in [4.69, 9.17) is 11.6 Å². The molecule has 0 saturated heterocycles. The standard InChI is InChI=1S/C15H25ClN2O2/c1-3-18-13(14(16)11(2)17-18)8-15(9-19,10-20)12-6-4-5-7-12/h12,19-20H,3-10H2,1-2H3. The van der Waals surface area contributed by atoms with Gasteiger partial charge in [-0.3, -0.25) is 4.68 Å². The Labute approximate surface area is 125 Å². The number of aliphatic hydroxyl groups is 2. The van der Waals surface area contributed by atoms with E-state index in [0.29, 0.717) is 17.4 Å². The molecule has 20 heavy (non-hydrogen) atoms. The van der Waals surface area contributed by atoms with Gasteiger partial charge < -0.3 is 10.2 Å². The summed E-state index contributed by atoms with van der Waals surface area (Å²) in [5.41, 5.74) is 1.29. The van der Waals surface area contributed by atoms with Crippen molar-refractivity contribution >= 4 is 11.6 Å². The molecule has 0 amide bonds. The van der Waals surface area contributed by atoms with E-state index >= 15 is 0 Å². The molecule has 1 heterocycles. The fourth-order valence-corrected chi connectivity index (χ4v) is 3.68. The minimum Gasteiger partial charge on any atom is -0.396 e. The predicted octanol–water partition coefficient (Wildman–Crippen LogP) is 2.57. The fraction of sp³-hybridized carbons (Fsp3) is 0.800. The van der Waals surface area contributed by atoms with Crippen LogP contribution in [-0.4, -0.2) is 33.2 Å². The summed E-state index contributed by atoms with van der Waals surface area (Å²) < 4.78 is 1.90. The Bertz CT molecular complexity index is 449. The molecule has 1 aromatic heterocycles. The number of nitrogens with zero attached hydrogens (tertiary/aromatic N) is 2. The largest absolute Gasteiger partial charge is 0.396 e. The normalized spacial score (nSPS) is 17.1. The van der Waals surface area contributed by atoms with Crippen LogP contribution in [0.1, 0.15) is 44.0 Å². The highest BCUT2D eigenvalue weighted by atomic mass is 35.5. The first-order valence-electron chi connectivity index (χ1n) is 7.51. The molecule has 0 spiro atoms. The SMILES string of the molecule is CCn1nc(C)c(Cl)c1CC(CO)(CO)C1CCCC1. The van der Waals surface area contributed by atoms with E-state index in [9.17, 15) is 10.2 Å². The molecule has 0 aromatic carbocycles. The number of aryl methyl sites for hydroxylation is 2. The lowest BCUT2D eigenvalue weighted by Gasteiger charge is -2.36. The van der Waals surface area contributed by atoms with Crippen molar-refractivity contribution in [1.82, 2.24) is 9.78 Å². The van der Waals surface area contributed by atoms with E-state index in [2.05, 4.69) is 5.10 Å². The van der Waals surface area contributed by atoms with Gasteiger partial charge in [-0.05, 0) is 32.6 Å². The summed E-state index contributed by atoms with van der Waals surface area (Å²) in [4.78, 5) is 0. The molecule has 4 nitrogen and oxygen atoms in total. The topological polar surface area (TPSA) is 58.3 Å². The van der Waals surface area contributed by atoms with Crippen LogP contribution in [0.25, 0.3) is 0 Å². The molecular weight excluding hydrogens is 276 g/mol. The number of aliphatic hydroxyl groups excluding tert-OH is 2. The Hall–Kier alpha value is -0.580. The Kier molecular flexibility index (Phi) is 5.10. The van der Waals surface area contributed by atoms with Crippen molar-refractivity contribution in [2.24, 2.45) is 11.3 Å². The molecule has 2 rings (SSSR count). The van der Waals surface area contributed by atoms with E-state index in [1.165, 1.54) is 12.8 Å². The third-order valence-corrected chi connectivity index (χ3v) is 5.31. The number of halogens is 1. The number of hydrogen-bond acceptors (Lipinski definition) is 3. The molecule has 114 valence electrons. The van der Waals surface area contributed by atoms with E-state index in [1.807, 2.05) is 18.5 Å². The molecule has 0 aliphatic heterocycles. The Morgan fingerprint density at radius 3 is 2.40 bits per heavy atom. The maximum atomic E-state index is 9.93. The summed E-state index contributed by atoms with van der Waals surface area (Å²) in [7, 11) is 0. The molecule has 0 bridgehead atoms. The van der Waals surface area contributed by atoms with Crippen LogP contribution < -0.4 is 0 Å². The molecule has 1 aliphatic carbocycles. The molecule has 0 unspecified atom stereocenters. The van der Waals surface area contributed by atoms with Gasteiger partial charge >= 0.3 is 0 Å². The number of aromatic nitrogens is 2. The van der Waals surface area contributed by atoms with Crippen LogP contribution in [0.4, 0.5) is 0 Å². The third-order valence-electron chi connectivity index (χ3n) is 4.82. The van der Waals surface area contributed by atoms with Crippen molar-refractivity contribution < 1.29 is 10.2 Å². The van der Waals surface area contributed by atoms with Crippen LogP contribution in [0, 0.1) is 18.3 Å². The van der Waals surface area contributed by atoms with Crippen LogP contribution in [0.5, 0.6) is 0 Å². The zero-order valence-electron chi connectivity index (χ0n) is 12.4. The van der Waals surface area contributed by atoms with E-state index in [1.54, 1.807) is 0 Å². The zero-order chi connectivity index (χ0) is 14.8. The molecule has 1 aliphatic rings. The van der Waals surface area contributed by atoms with Crippen molar-refractivity contribution in [2.45, 2.75) is 52.5 Å². The first-order chi connectivity index (χ1) is 9.57. The monoisotopic (exact) mass is 300 g/mol. The highest BCUT2D eigenvalue weighted by Crippen LogP contribution is 2.43. The van der Waals surface area contributed by atoms with Gasteiger partial charge in [0.1, 0.15) is 0 Å². The zero-order valence-corrected chi connectivity index (χ0v) is 13.2. The van der Waals surface area contributed by atoms with E-state index in [0.717, 1.165) is 30.8 Å². The van der Waals surface area contributed by atoms with Crippen molar-refractivity contribution in [2.75, 3.05) is 13.2 Å². The van der Waals surface area contributed by atoms with Gasteiger partial charge in [0.15, 0.2) is 0 Å². The Morgan fingerprint density at radius 1 is 1.30 bits per heavy atom. The summed E-state index contributed by atoms with van der Waals surface area (Å²) in [6, 6.07) is 0. The maximum Gasteiger partial charge on any atom is 0.0847 e. The van der Waals surface area contributed by atoms with Crippen LogP contribution >= 0.6 is 11.6 Å². The summed E-state index contributed by atoms with van der Waals surface area (Å²) >= 11 is 6.37. The van der Waals surface area contributed by atoms with Gasteiger partial charge in [-0.15, -0.1) is 0 Å². The van der Waals surface area contributed by atoms with E-state index < -0.39 is 5.41 Å². The van der Waals surface area contributed by atoms with Crippen molar-refractivity contribution in [3.05, 3.63) is 16.4 Å². The highest BCUT2D eigenvalue weighted by molar-refractivity contribution is 6.31. The van der Waals surface area contributed by atoms with Gasteiger partial charge in [0.25, 0.3) is 0 Å².